The van der Waals surface area contributed by atoms with Gasteiger partial charge in [0.05, 0.1) is 33.8 Å². The molecule has 0 aliphatic carbocycles. The molecule has 0 aliphatic rings. The van der Waals surface area contributed by atoms with Gasteiger partial charge in [-0.2, -0.15) is 0 Å². The van der Waals surface area contributed by atoms with Crippen molar-refractivity contribution >= 4 is 19.7 Å². The second kappa shape index (κ2) is 53.8. The molecule has 0 aromatic carbocycles. The molecule has 0 saturated carbocycles. The molecule has 3 atom stereocenters. The molecule has 0 aromatic rings. The number of carbonyl (C=O) groups excluding carboxylic acids is 2. The molecule has 9 nitrogen and oxygen atoms in total. The highest BCUT2D eigenvalue weighted by atomic mass is 31.2. The molecule has 10 heteroatoms. The summed E-state index contributed by atoms with van der Waals surface area (Å²) in [5.74, 6) is -0.566. The van der Waals surface area contributed by atoms with Crippen LogP contribution in [0.5, 0.6) is 0 Å². The Hall–Kier alpha value is -2.55. The minimum atomic E-state index is -4.70. The average Bonchev–Trinajstić information content (AvgIpc) is 3.36. The molecule has 0 spiro atoms. The zero-order valence-electron chi connectivity index (χ0n) is 49.0. The van der Waals surface area contributed by atoms with Crippen molar-refractivity contribution in [1.29, 1.82) is 0 Å². The zero-order chi connectivity index (χ0) is 54.3. The molecule has 0 radical (unpaired) electrons. The first-order chi connectivity index (χ1) is 35.9. The van der Waals surface area contributed by atoms with E-state index in [1.165, 1.54) is 141 Å². The molecule has 3 unspecified atom stereocenters. The fraction of sp³-hybridized carbons (Fsp3) is 0.781. The van der Waals surface area contributed by atoms with Crippen LogP contribution in [0.3, 0.4) is 0 Å². The number of allylic oxidation sites excluding steroid dienone is 11. The van der Waals surface area contributed by atoms with E-state index in [1.807, 2.05) is 33.3 Å². The van der Waals surface area contributed by atoms with Crippen LogP contribution in [0.15, 0.2) is 72.9 Å². The summed E-state index contributed by atoms with van der Waals surface area (Å²) in [7, 11) is 1.17. The van der Waals surface area contributed by atoms with Crippen LogP contribution in [0.2, 0.25) is 0 Å². The number of phosphoric ester groups is 1. The van der Waals surface area contributed by atoms with Gasteiger partial charge in [-0.25, -0.2) is 0 Å². The molecular weight excluding hydrogens is 940 g/mol. The van der Waals surface area contributed by atoms with Crippen molar-refractivity contribution in [1.82, 2.24) is 5.32 Å². The second-order valence-corrected chi connectivity index (χ2v) is 23.2. The lowest BCUT2D eigenvalue weighted by Gasteiger charge is -2.30. The summed E-state index contributed by atoms with van der Waals surface area (Å²) >= 11 is 0. The number of esters is 1. The monoisotopic (exact) mass is 1060 g/mol. The topological polar surface area (TPSA) is 114 Å². The molecule has 0 fully saturated rings. The number of rotatable bonds is 55. The van der Waals surface area contributed by atoms with Crippen molar-refractivity contribution < 1.29 is 37.3 Å². The summed E-state index contributed by atoms with van der Waals surface area (Å²) in [6.07, 6.45) is 68.8. The Morgan fingerprint density at radius 2 is 0.865 bits per heavy atom. The Kier molecular flexibility index (Phi) is 52.0. The van der Waals surface area contributed by atoms with Gasteiger partial charge >= 0.3 is 5.97 Å². The summed E-state index contributed by atoms with van der Waals surface area (Å²) < 4.78 is 30.3. The van der Waals surface area contributed by atoms with E-state index in [-0.39, 0.29) is 31.3 Å². The number of ether oxygens (including phenoxy) is 1. The van der Waals surface area contributed by atoms with E-state index in [0.717, 1.165) is 89.9 Å². The van der Waals surface area contributed by atoms with Crippen molar-refractivity contribution in [3.63, 3.8) is 0 Å². The van der Waals surface area contributed by atoms with Crippen LogP contribution in [-0.2, 0) is 27.9 Å². The van der Waals surface area contributed by atoms with Crippen LogP contribution in [0.1, 0.15) is 271 Å². The summed E-state index contributed by atoms with van der Waals surface area (Å²) in [4.78, 5) is 39.9. The highest BCUT2D eigenvalue weighted by Gasteiger charge is 2.27. The van der Waals surface area contributed by atoms with E-state index in [1.54, 1.807) is 0 Å². The van der Waals surface area contributed by atoms with Gasteiger partial charge in [0.15, 0.2) is 0 Å². The Morgan fingerprint density at radius 3 is 1.32 bits per heavy atom. The third-order valence-electron chi connectivity index (χ3n) is 13.4. The van der Waals surface area contributed by atoms with Gasteiger partial charge in [-0.15, -0.1) is 0 Å². The molecule has 74 heavy (non-hydrogen) atoms. The Balaban J connectivity index is 5.16. The van der Waals surface area contributed by atoms with Crippen molar-refractivity contribution in [2.45, 2.75) is 283 Å². The smallest absolute Gasteiger partial charge is 0.306 e. The number of carbonyl (C=O) groups is 2. The summed E-state index contributed by atoms with van der Waals surface area (Å²) in [6, 6.07) is -0.901. The predicted molar refractivity (Wildman–Crippen MR) is 316 cm³/mol. The highest BCUT2D eigenvalue weighted by Crippen LogP contribution is 2.38. The van der Waals surface area contributed by atoms with Crippen LogP contribution in [0, 0.1) is 0 Å². The number of nitrogens with zero attached hydrogens (tertiary/aromatic N) is 1. The van der Waals surface area contributed by atoms with E-state index < -0.39 is 26.6 Å². The number of hydrogen-bond acceptors (Lipinski definition) is 7. The molecule has 0 bridgehead atoms. The minimum Gasteiger partial charge on any atom is -0.756 e. The first kappa shape index (κ1) is 71.5. The number of amides is 1. The average molecular weight is 1060 g/mol. The minimum absolute atomic E-state index is 0.0289. The van der Waals surface area contributed by atoms with Gasteiger partial charge in [-0.3, -0.25) is 14.2 Å². The van der Waals surface area contributed by atoms with Gasteiger partial charge in [0, 0.05) is 12.8 Å². The lowest BCUT2D eigenvalue weighted by Crippen LogP contribution is -2.47. The third kappa shape index (κ3) is 54.2. The molecule has 0 aromatic heterocycles. The lowest BCUT2D eigenvalue weighted by atomic mass is 10.0. The Morgan fingerprint density at radius 1 is 0.486 bits per heavy atom. The second-order valence-electron chi connectivity index (χ2n) is 21.8. The summed E-state index contributed by atoms with van der Waals surface area (Å²) in [5, 5.41) is 3.01. The van der Waals surface area contributed by atoms with Crippen LogP contribution >= 0.6 is 7.82 Å². The Bertz CT molecular complexity index is 1500. The SMILES string of the molecule is CC/C=C/C/C=C/C/C=C/CCCCCCC(=O)NC(COP(=O)([O-])OCC[N+](C)(C)C)C(/C=C\CCCCCCCCCCC)OC(=O)CCCCCCCCCCCCCCC/C=C\C/C=C\CCCCC. The molecule has 0 heterocycles. The number of hydrogen-bond donors (Lipinski definition) is 1. The van der Waals surface area contributed by atoms with Gasteiger partial charge in [-0.1, -0.05) is 235 Å². The van der Waals surface area contributed by atoms with Gasteiger partial charge in [-0.05, 0) is 96.0 Å². The first-order valence-corrected chi connectivity index (χ1v) is 32.2. The zero-order valence-corrected chi connectivity index (χ0v) is 49.9. The normalized spacial score (nSPS) is 14.2. The number of likely N-dealkylation sites (N-methyl/N-ethyl adjacent to an activating group) is 1. The fourth-order valence-electron chi connectivity index (χ4n) is 8.63. The van der Waals surface area contributed by atoms with Crippen molar-refractivity contribution in [2.75, 3.05) is 40.9 Å². The van der Waals surface area contributed by atoms with Crippen molar-refractivity contribution in [3.8, 4) is 0 Å². The van der Waals surface area contributed by atoms with Crippen LogP contribution < -0.4 is 10.2 Å². The number of quaternary nitrogens is 1. The molecule has 1 N–H and O–H groups in total. The molecule has 0 saturated heterocycles. The standard InChI is InChI=1S/C64H117N2O7P/c1-7-10-13-16-19-22-25-27-29-30-31-32-33-34-35-36-37-39-42-45-48-51-54-57-64(68)73-62(55-52-49-46-43-40-24-21-18-15-12-9-3)61(60-72-74(69,70)71-59-58-66(4,5)6)65-63(67)56-53-50-47-44-41-38-28-26-23-20-17-14-11-8-2/h11,14,19-20,22-23,27-29,38,52,55,61-62H,7-10,12-13,15-18,21,24-26,30-37,39-51,53-54,56-60H2,1-6H3,(H-,65,67,69,70)/b14-11+,22-19-,23-20+,29-27-,38-28+,55-52-. The van der Waals surface area contributed by atoms with E-state index in [9.17, 15) is 19.0 Å². The maximum absolute atomic E-state index is 13.5. The molecular formula is C64H117N2O7P. The lowest BCUT2D eigenvalue weighted by molar-refractivity contribution is -0.870. The Labute approximate surface area is 457 Å². The third-order valence-corrected chi connectivity index (χ3v) is 14.3. The predicted octanol–water partition coefficient (Wildman–Crippen LogP) is 18.2. The van der Waals surface area contributed by atoms with Gasteiger partial charge in [0.1, 0.15) is 19.3 Å². The number of phosphoric acid groups is 1. The number of nitrogens with one attached hydrogen (secondary N) is 1. The maximum atomic E-state index is 13.5. The van der Waals surface area contributed by atoms with Gasteiger partial charge in [0.2, 0.25) is 5.91 Å². The molecule has 430 valence electrons. The fourth-order valence-corrected chi connectivity index (χ4v) is 9.35. The van der Waals surface area contributed by atoms with E-state index in [2.05, 4.69) is 86.8 Å². The van der Waals surface area contributed by atoms with Crippen LogP contribution in [0.25, 0.3) is 0 Å². The van der Waals surface area contributed by atoms with Gasteiger partial charge < -0.3 is 28.5 Å². The van der Waals surface area contributed by atoms with E-state index in [0.29, 0.717) is 17.4 Å². The maximum Gasteiger partial charge on any atom is 0.306 e. The molecule has 0 rings (SSSR count). The van der Waals surface area contributed by atoms with E-state index in [4.69, 9.17) is 13.8 Å². The summed E-state index contributed by atoms with van der Waals surface area (Å²) in [6.45, 7) is 6.69. The van der Waals surface area contributed by atoms with Crippen molar-refractivity contribution in [2.24, 2.45) is 0 Å². The van der Waals surface area contributed by atoms with Gasteiger partial charge in [0.25, 0.3) is 7.82 Å². The first-order valence-electron chi connectivity index (χ1n) is 30.7. The van der Waals surface area contributed by atoms with Crippen molar-refractivity contribution in [3.05, 3.63) is 72.9 Å². The van der Waals surface area contributed by atoms with Crippen LogP contribution in [-0.4, -0.2) is 69.4 Å². The largest absolute Gasteiger partial charge is 0.756 e. The number of unbranched alkanes of at least 4 members (excludes halogenated alkanes) is 29. The summed E-state index contributed by atoms with van der Waals surface area (Å²) in [5.41, 5.74) is 0. The quantitative estimate of drug-likeness (QED) is 0.0212. The highest BCUT2D eigenvalue weighted by molar-refractivity contribution is 7.45. The van der Waals surface area contributed by atoms with Crippen LogP contribution in [0.4, 0.5) is 0 Å². The molecule has 0 aliphatic heterocycles. The molecule has 1 amide bonds. The van der Waals surface area contributed by atoms with E-state index >= 15 is 0 Å².